The summed E-state index contributed by atoms with van der Waals surface area (Å²) in [6.45, 7) is 6.65. The Bertz CT molecular complexity index is 1030. The average Bonchev–Trinajstić information content (AvgIpc) is 3.38. The zero-order chi connectivity index (χ0) is 20.9. The van der Waals surface area contributed by atoms with Gasteiger partial charge in [-0.2, -0.15) is 0 Å². The molecular weight excluding hydrogens is 416 g/mol. The molecule has 3 aromatic rings. The van der Waals surface area contributed by atoms with Crippen LogP contribution in [0.4, 0.5) is 5.13 Å². The van der Waals surface area contributed by atoms with Crippen molar-refractivity contribution in [3.05, 3.63) is 34.3 Å². The van der Waals surface area contributed by atoms with Gasteiger partial charge in [0.25, 0.3) is 0 Å². The molecule has 0 aromatic carbocycles. The van der Waals surface area contributed by atoms with E-state index in [0.717, 1.165) is 70.4 Å². The number of aromatic nitrogens is 3. The van der Waals surface area contributed by atoms with Gasteiger partial charge in [0, 0.05) is 42.2 Å². The number of nitrogens with one attached hydrogen (secondary N) is 2. The van der Waals surface area contributed by atoms with Crippen LogP contribution in [0.3, 0.4) is 0 Å². The molecule has 0 spiro atoms. The molecule has 0 atom stereocenters. The van der Waals surface area contributed by atoms with Crippen LogP contribution >= 0.6 is 22.7 Å². The third-order valence-corrected chi connectivity index (χ3v) is 6.19. The molecule has 0 unspecified atom stereocenters. The number of guanidine groups is 1. The Morgan fingerprint density at radius 3 is 2.73 bits per heavy atom. The number of methoxy groups -OCH3 is 1. The van der Waals surface area contributed by atoms with E-state index in [1.165, 1.54) is 0 Å². The van der Waals surface area contributed by atoms with Crippen molar-refractivity contribution in [2.75, 3.05) is 25.5 Å². The third kappa shape index (κ3) is 5.03. The molecule has 0 bridgehead atoms. The van der Waals surface area contributed by atoms with Crippen molar-refractivity contribution in [1.82, 2.24) is 20.3 Å². The van der Waals surface area contributed by atoms with E-state index in [9.17, 15) is 0 Å². The highest BCUT2D eigenvalue weighted by Crippen LogP contribution is 2.32. The average molecular weight is 443 g/mol. The summed E-state index contributed by atoms with van der Waals surface area (Å²) in [5.41, 5.74) is 4.77. The zero-order valence-corrected chi connectivity index (χ0v) is 19.1. The molecule has 0 saturated heterocycles. The summed E-state index contributed by atoms with van der Waals surface area (Å²) in [6.07, 6.45) is 2.02. The summed E-state index contributed by atoms with van der Waals surface area (Å²) < 4.78 is 5.40. The predicted octanol–water partition coefficient (Wildman–Crippen LogP) is 4.43. The number of thiazole rings is 2. The highest BCUT2D eigenvalue weighted by molar-refractivity contribution is 7.14. The number of ether oxygens (including phenoxy) is 1. The highest BCUT2D eigenvalue weighted by Gasteiger charge is 2.15. The maximum absolute atomic E-state index is 5.40. The summed E-state index contributed by atoms with van der Waals surface area (Å²) in [4.78, 5) is 18.8. The first kappa shape index (κ1) is 20.9. The van der Waals surface area contributed by atoms with E-state index in [2.05, 4.69) is 46.6 Å². The topological polar surface area (TPSA) is 84.3 Å². The molecule has 2 N–H and O–H groups in total. The fourth-order valence-corrected chi connectivity index (χ4v) is 4.77. The quantitative estimate of drug-likeness (QED) is 0.563. The maximum Gasteiger partial charge on any atom is 0.197 e. The fourth-order valence-electron chi connectivity index (χ4n) is 3.20. The van der Waals surface area contributed by atoms with Gasteiger partial charge in [-0.25, -0.2) is 9.97 Å². The minimum atomic E-state index is 0.468. The van der Waals surface area contributed by atoms with Crippen molar-refractivity contribution in [3.63, 3.8) is 0 Å². The second-order valence-electron chi connectivity index (χ2n) is 7.54. The second kappa shape index (κ2) is 9.63. The summed E-state index contributed by atoms with van der Waals surface area (Å²) in [6, 6.07) is 4.21. The molecule has 1 aliphatic heterocycles. The van der Waals surface area contributed by atoms with Gasteiger partial charge in [0.15, 0.2) is 11.1 Å². The lowest BCUT2D eigenvalue weighted by atomic mass is 10.1. The van der Waals surface area contributed by atoms with Gasteiger partial charge < -0.3 is 15.4 Å². The molecular formula is C21H26N6OS2. The van der Waals surface area contributed by atoms with Crippen molar-refractivity contribution < 1.29 is 4.74 Å². The number of aliphatic imine (C=N–C) groups is 1. The lowest BCUT2D eigenvalue weighted by Gasteiger charge is -2.14. The maximum atomic E-state index is 5.40. The normalized spacial score (nSPS) is 13.9. The van der Waals surface area contributed by atoms with Gasteiger partial charge in [-0.15, -0.1) is 22.7 Å². The van der Waals surface area contributed by atoms with Crippen LogP contribution in [0, 0.1) is 5.92 Å². The van der Waals surface area contributed by atoms with E-state index < -0.39 is 0 Å². The Hall–Kier alpha value is -2.36. The van der Waals surface area contributed by atoms with Gasteiger partial charge in [0.1, 0.15) is 16.4 Å². The molecule has 9 heteroatoms. The number of rotatable bonds is 7. The zero-order valence-electron chi connectivity index (χ0n) is 17.4. The second-order valence-corrected chi connectivity index (χ2v) is 9.26. The van der Waals surface area contributed by atoms with Gasteiger partial charge in [0.05, 0.1) is 12.3 Å². The SMILES string of the molecule is COCc1nc(CC(C)C)ccc1-c1nc(-c2csc(NC3=NCCCN3)n2)cs1. The standard InChI is InChI=1S/C21H26N6OS2/c1-13(2)9-14-5-6-15(16(24-14)10-28-3)19-25-17(11-29-19)18-12-30-21(26-18)27-20-22-7-4-8-23-20/h5-6,11-13H,4,7-10H2,1-3H3,(H2,22,23,26,27). The molecule has 0 amide bonds. The molecule has 4 heterocycles. The van der Waals surface area contributed by atoms with E-state index in [-0.39, 0.29) is 0 Å². The van der Waals surface area contributed by atoms with Crippen molar-refractivity contribution in [2.45, 2.75) is 33.3 Å². The molecule has 0 radical (unpaired) electrons. The molecule has 3 aromatic heterocycles. The molecule has 0 saturated carbocycles. The molecule has 158 valence electrons. The van der Waals surface area contributed by atoms with Crippen molar-refractivity contribution in [3.8, 4) is 22.0 Å². The van der Waals surface area contributed by atoms with Gasteiger partial charge in [-0.3, -0.25) is 9.98 Å². The van der Waals surface area contributed by atoms with E-state index >= 15 is 0 Å². The first-order valence-corrected chi connectivity index (χ1v) is 11.8. The van der Waals surface area contributed by atoms with E-state index in [1.807, 2.05) is 10.8 Å². The number of pyridine rings is 1. The van der Waals surface area contributed by atoms with Crippen LogP contribution in [-0.2, 0) is 17.8 Å². The van der Waals surface area contributed by atoms with Crippen molar-refractivity contribution in [2.24, 2.45) is 10.9 Å². The van der Waals surface area contributed by atoms with Crippen LogP contribution in [0.15, 0.2) is 27.9 Å². The third-order valence-electron chi connectivity index (χ3n) is 4.55. The van der Waals surface area contributed by atoms with E-state index in [1.54, 1.807) is 29.8 Å². The summed E-state index contributed by atoms with van der Waals surface area (Å²) in [5.74, 6) is 1.35. The molecule has 4 rings (SSSR count). The highest BCUT2D eigenvalue weighted by atomic mass is 32.1. The number of nitrogens with zero attached hydrogens (tertiary/aromatic N) is 4. The molecule has 0 aliphatic carbocycles. The number of anilines is 1. The smallest absolute Gasteiger partial charge is 0.197 e. The Morgan fingerprint density at radius 1 is 1.13 bits per heavy atom. The van der Waals surface area contributed by atoms with Crippen LogP contribution in [0.2, 0.25) is 0 Å². The summed E-state index contributed by atoms with van der Waals surface area (Å²) in [7, 11) is 1.70. The van der Waals surface area contributed by atoms with Crippen LogP contribution in [-0.4, -0.2) is 41.1 Å². The van der Waals surface area contributed by atoms with E-state index in [4.69, 9.17) is 14.7 Å². The number of hydrogen-bond acceptors (Lipinski definition) is 9. The molecule has 1 aliphatic rings. The Morgan fingerprint density at radius 2 is 1.97 bits per heavy atom. The Kier molecular flexibility index (Phi) is 6.71. The lowest BCUT2D eigenvalue weighted by Crippen LogP contribution is -2.35. The van der Waals surface area contributed by atoms with Gasteiger partial charge >= 0.3 is 0 Å². The largest absolute Gasteiger partial charge is 0.378 e. The van der Waals surface area contributed by atoms with Crippen LogP contribution < -0.4 is 10.6 Å². The van der Waals surface area contributed by atoms with Crippen LogP contribution in [0.1, 0.15) is 31.7 Å². The summed E-state index contributed by atoms with van der Waals surface area (Å²) in [5, 5.41) is 12.3. The monoisotopic (exact) mass is 442 g/mol. The van der Waals surface area contributed by atoms with Crippen LogP contribution in [0.5, 0.6) is 0 Å². The van der Waals surface area contributed by atoms with Crippen molar-refractivity contribution in [1.29, 1.82) is 0 Å². The fraction of sp³-hybridized carbons (Fsp3) is 0.429. The van der Waals surface area contributed by atoms with Crippen LogP contribution in [0.25, 0.3) is 22.0 Å². The van der Waals surface area contributed by atoms with Crippen molar-refractivity contribution >= 4 is 33.8 Å². The molecule has 0 fully saturated rings. The Labute approximate surface area is 184 Å². The predicted molar refractivity (Wildman–Crippen MR) is 124 cm³/mol. The number of hydrogen-bond donors (Lipinski definition) is 2. The minimum absolute atomic E-state index is 0.468. The van der Waals surface area contributed by atoms with Gasteiger partial charge in [0.2, 0.25) is 0 Å². The molecule has 7 nitrogen and oxygen atoms in total. The molecule has 30 heavy (non-hydrogen) atoms. The van der Waals surface area contributed by atoms with Gasteiger partial charge in [-0.05, 0) is 30.9 Å². The Balaban J connectivity index is 1.54. The van der Waals surface area contributed by atoms with E-state index in [0.29, 0.717) is 12.5 Å². The first-order chi connectivity index (χ1) is 14.6. The lowest BCUT2D eigenvalue weighted by molar-refractivity contribution is 0.181. The first-order valence-electron chi connectivity index (χ1n) is 10.1. The summed E-state index contributed by atoms with van der Waals surface area (Å²) >= 11 is 3.15. The minimum Gasteiger partial charge on any atom is -0.378 e. The van der Waals surface area contributed by atoms with Gasteiger partial charge in [-0.1, -0.05) is 13.8 Å².